The van der Waals surface area contributed by atoms with E-state index in [1.54, 1.807) is 11.3 Å². The van der Waals surface area contributed by atoms with Gasteiger partial charge in [0.05, 0.1) is 12.3 Å². The lowest BCUT2D eigenvalue weighted by atomic mass is 9.91. The molecule has 116 valence electrons. The number of esters is 1. The van der Waals surface area contributed by atoms with Gasteiger partial charge in [-0.3, -0.25) is 4.79 Å². The van der Waals surface area contributed by atoms with E-state index in [1.165, 1.54) is 17.7 Å². The van der Waals surface area contributed by atoms with Gasteiger partial charge in [0, 0.05) is 11.5 Å². The zero-order chi connectivity index (χ0) is 14.8. The number of rotatable bonds is 6. The first-order valence-electron chi connectivity index (χ1n) is 8.02. The SMILES string of the molecule is CCOC(=O)C1CCCc2sc(C(OCC)C3CC3)nc21. The molecule has 5 heteroatoms. The minimum absolute atomic E-state index is 0.116. The maximum absolute atomic E-state index is 12.1. The maximum Gasteiger partial charge on any atom is 0.315 e. The molecule has 21 heavy (non-hydrogen) atoms. The van der Waals surface area contributed by atoms with E-state index in [1.807, 2.05) is 13.8 Å². The molecular formula is C16H23NO3S. The largest absolute Gasteiger partial charge is 0.465 e. The van der Waals surface area contributed by atoms with Crippen molar-refractivity contribution in [3.05, 3.63) is 15.6 Å². The van der Waals surface area contributed by atoms with Crippen LogP contribution >= 0.6 is 11.3 Å². The fourth-order valence-corrected chi connectivity index (χ4v) is 4.33. The first-order chi connectivity index (χ1) is 10.2. The fraction of sp³-hybridized carbons (Fsp3) is 0.750. The van der Waals surface area contributed by atoms with Gasteiger partial charge in [-0.2, -0.15) is 0 Å². The molecule has 0 spiro atoms. The Hall–Kier alpha value is -0.940. The number of thiazole rings is 1. The second kappa shape index (κ2) is 6.44. The predicted molar refractivity (Wildman–Crippen MR) is 81.5 cm³/mol. The number of aryl methyl sites for hydroxylation is 1. The average molecular weight is 309 g/mol. The van der Waals surface area contributed by atoms with Gasteiger partial charge >= 0.3 is 5.97 Å². The van der Waals surface area contributed by atoms with E-state index < -0.39 is 0 Å². The third kappa shape index (κ3) is 3.14. The van der Waals surface area contributed by atoms with Crippen LogP contribution in [0.3, 0.4) is 0 Å². The number of carbonyl (C=O) groups excluding carboxylic acids is 1. The second-order valence-electron chi connectivity index (χ2n) is 5.77. The van der Waals surface area contributed by atoms with Gasteiger partial charge in [0.15, 0.2) is 0 Å². The number of carbonyl (C=O) groups is 1. The average Bonchev–Trinajstić information content (AvgIpc) is 3.22. The van der Waals surface area contributed by atoms with E-state index in [0.29, 0.717) is 19.1 Å². The van der Waals surface area contributed by atoms with Crippen molar-refractivity contribution in [1.29, 1.82) is 0 Å². The molecule has 4 nitrogen and oxygen atoms in total. The van der Waals surface area contributed by atoms with Crippen molar-refractivity contribution >= 4 is 17.3 Å². The van der Waals surface area contributed by atoms with Crippen molar-refractivity contribution < 1.29 is 14.3 Å². The smallest absolute Gasteiger partial charge is 0.315 e. The first-order valence-corrected chi connectivity index (χ1v) is 8.84. The predicted octanol–water partition coefficient (Wildman–Crippen LogP) is 3.61. The Kier molecular flexibility index (Phi) is 4.60. The molecule has 1 saturated carbocycles. The summed E-state index contributed by atoms with van der Waals surface area (Å²) in [5.74, 6) is 0.341. The van der Waals surface area contributed by atoms with Crippen LogP contribution in [0, 0.1) is 5.92 Å². The molecule has 2 aliphatic carbocycles. The molecule has 2 aliphatic rings. The van der Waals surface area contributed by atoms with Crippen molar-refractivity contribution in [3.63, 3.8) is 0 Å². The van der Waals surface area contributed by atoms with Gasteiger partial charge in [0.25, 0.3) is 0 Å². The van der Waals surface area contributed by atoms with Crippen LogP contribution in [0.4, 0.5) is 0 Å². The molecule has 1 heterocycles. The number of ether oxygens (including phenoxy) is 2. The molecule has 0 amide bonds. The molecule has 1 fully saturated rings. The van der Waals surface area contributed by atoms with E-state index in [0.717, 1.165) is 30.0 Å². The van der Waals surface area contributed by atoms with Crippen molar-refractivity contribution in [2.24, 2.45) is 5.92 Å². The van der Waals surface area contributed by atoms with Crippen LogP contribution in [0.5, 0.6) is 0 Å². The van der Waals surface area contributed by atoms with Crippen LogP contribution in [0.2, 0.25) is 0 Å². The highest BCUT2D eigenvalue weighted by Gasteiger charge is 2.38. The summed E-state index contributed by atoms with van der Waals surface area (Å²) in [6, 6.07) is 0. The third-order valence-corrected chi connectivity index (χ3v) is 5.37. The number of fused-ring (bicyclic) bond motifs is 1. The Balaban J connectivity index is 1.84. The first kappa shape index (κ1) is 15.0. The van der Waals surface area contributed by atoms with Crippen molar-refractivity contribution in [3.8, 4) is 0 Å². The Bertz CT molecular complexity index is 510. The molecule has 3 rings (SSSR count). The zero-order valence-corrected chi connectivity index (χ0v) is 13.6. The molecule has 1 aromatic heterocycles. The number of hydrogen-bond acceptors (Lipinski definition) is 5. The lowest BCUT2D eigenvalue weighted by molar-refractivity contribution is -0.145. The zero-order valence-electron chi connectivity index (χ0n) is 12.8. The van der Waals surface area contributed by atoms with Crippen LogP contribution in [-0.4, -0.2) is 24.2 Å². The molecule has 0 aromatic carbocycles. The van der Waals surface area contributed by atoms with Gasteiger partial charge in [-0.15, -0.1) is 11.3 Å². The minimum Gasteiger partial charge on any atom is -0.465 e. The quantitative estimate of drug-likeness (QED) is 0.753. The number of aromatic nitrogens is 1. The van der Waals surface area contributed by atoms with Crippen LogP contribution in [-0.2, 0) is 20.7 Å². The Labute approximate surface area is 129 Å². The summed E-state index contributed by atoms with van der Waals surface area (Å²) in [6.45, 7) is 5.04. The lowest BCUT2D eigenvalue weighted by Crippen LogP contribution is -2.20. The van der Waals surface area contributed by atoms with E-state index >= 15 is 0 Å². The summed E-state index contributed by atoms with van der Waals surface area (Å²) in [4.78, 5) is 18.2. The van der Waals surface area contributed by atoms with Crippen molar-refractivity contribution in [2.45, 2.75) is 58.0 Å². The molecule has 0 bridgehead atoms. The van der Waals surface area contributed by atoms with E-state index in [4.69, 9.17) is 14.5 Å². The van der Waals surface area contributed by atoms with Crippen LogP contribution in [0.15, 0.2) is 0 Å². The maximum atomic E-state index is 12.1. The van der Waals surface area contributed by atoms with Gasteiger partial charge in [-0.05, 0) is 51.9 Å². The topological polar surface area (TPSA) is 48.4 Å². The van der Waals surface area contributed by atoms with E-state index in [2.05, 4.69) is 0 Å². The molecular weight excluding hydrogens is 286 g/mol. The Morgan fingerprint density at radius 3 is 2.81 bits per heavy atom. The van der Waals surface area contributed by atoms with E-state index in [-0.39, 0.29) is 18.0 Å². The molecule has 2 unspecified atom stereocenters. The fourth-order valence-electron chi connectivity index (χ4n) is 3.02. The Morgan fingerprint density at radius 1 is 1.33 bits per heavy atom. The van der Waals surface area contributed by atoms with Gasteiger partial charge in [-0.1, -0.05) is 0 Å². The molecule has 0 N–H and O–H groups in total. The normalized spacial score (nSPS) is 22.7. The minimum atomic E-state index is -0.167. The van der Waals surface area contributed by atoms with Gasteiger partial charge in [0.2, 0.25) is 0 Å². The molecule has 0 radical (unpaired) electrons. The highest BCUT2D eigenvalue weighted by atomic mass is 32.1. The highest BCUT2D eigenvalue weighted by molar-refractivity contribution is 7.11. The highest BCUT2D eigenvalue weighted by Crippen LogP contribution is 2.46. The molecule has 0 aliphatic heterocycles. The second-order valence-corrected chi connectivity index (χ2v) is 6.89. The summed E-state index contributed by atoms with van der Waals surface area (Å²) in [5, 5.41) is 1.07. The summed E-state index contributed by atoms with van der Waals surface area (Å²) in [6.07, 6.45) is 5.53. The molecule has 0 saturated heterocycles. The van der Waals surface area contributed by atoms with Crippen LogP contribution in [0.25, 0.3) is 0 Å². The number of nitrogens with zero attached hydrogens (tertiary/aromatic N) is 1. The van der Waals surface area contributed by atoms with Crippen LogP contribution in [0.1, 0.15) is 67.1 Å². The molecule has 1 aromatic rings. The summed E-state index contributed by atoms with van der Waals surface area (Å²) >= 11 is 1.75. The monoisotopic (exact) mass is 309 g/mol. The third-order valence-electron chi connectivity index (χ3n) is 4.18. The lowest BCUT2D eigenvalue weighted by Gasteiger charge is -2.19. The standard InChI is InChI=1S/C16H23NO3S/c1-3-19-14(10-8-9-10)15-17-13-11(16(18)20-4-2)6-5-7-12(13)21-15/h10-11,14H,3-9H2,1-2H3. The van der Waals surface area contributed by atoms with E-state index in [9.17, 15) is 4.79 Å². The van der Waals surface area contributed by atoms with Crippen molar-refractivity contribution in [2.75, 3.05) is 13.2 Å². The summed E-state index contributed by atoms with van der Waals surface area (Å²) < 4.78 is 11.1. The van der Waals surface area contributed by atoms with Gasteiger partial charge in [-0.25, -0.2) is 4.98 Å². The number of hydrogen-bond donors (Lipinski definition) is 0. The van der Waals surface area contributed by atoms with Gasteiger partial charge in [0.1, 0.15) is 17.0 Å². The van der Waals surface area contributed by atoms with Crippen molar-refractivity contribution in [1.82, 2.24) is 4.98 Å². The summed E-state index contributed by atoms with van der Waals surface area (Å²) in [5.41, 5.74) is 0.963. The molecule has 2 atom stereocenters. The van der Waals surface area contributed by atoms with Crippen LogP contribution < -0.4 is 0 Å². The summed E-state index contributed by atoms with van der Waals surface area (Å²) in [7, 11) is 0. The van der Waals surface area contributed by atoms with Gasteiger partial charge < -0.3 is 9.47 Å². The Morgan fingerprint density at radius 2 is 2.14 bits per heavy atom.